The van der Waals surface area contributed by atoms with Gasteiger partial charge in [0.25, 0.3) is 11.8 Å². The Labute approximate surface area is 250 Å². The first-order valence-corrected chi connectivity index (χ1v) is 14.1. The largest absolute Gasteiger partial charge is 0.791 e. The average molecular weight is 564 g/mol. The summed E-state index contributed by atoms with van der Waals surface area (Å²) in [6, 6.07) is 29.8. The highest BCUT2D eigenvalue weighted by atomic mass is 16.5. The number of aryl methyl sites for hydroxylation is 1. The van der Waals surface area contributed by atoms with Gasteiger partial charge in [-0.25, -0.2) is 0 Å². The molecule has 2 N–H and O–H groups in total. The maximum atomic E-state index is 12.8. The van der Waals surface area contributed by atoms with Gasteiger partial charge in [0.2, 0.25) is 0 Å². The summed E-state index contributed by atoms with van der Waals surface area (Å²) < 4.78 is 7.44. The van der Waals surface area contributed by atoms with Crippen molar-refractivity contribution in [2.75, 3.05) is 45.9 Å². The topological polar surface area (TPSA) is 67.4 Å². The summed E-state index contributed by atoms with van der Waals surface area (Å²) in [5.41, 5.74) is 4.94. The van der Waals surface area contributed by atoms with E-state index in [-0.39, 0.29) is 11.8 Å². The smallest absolute Gasteiger partial charge is 0.457 e. The normalized spacial score (nSPS) is 11.5. The predicted octanol–water partition coefficient (Wildman–Crippen LogP) is 6.36. The van der Waals surface area contributed by atoms with Gasteiger partial charge in [0.1, 0.15) is 11.5 Å². The summed E-state index contributed by atoms with van der Waals surface area (Å²) in [6.07, 6.45) is 0.935. The Balaban J connectivity index is 1.28. The number of ether oxygens (including phenoxy) is 1. The molecule has 215 valence electrons. The molecule has 8 heteroatoms. The highest BCUT2D eigenvalue weighted by molar-refractivity contribution is 6.16. The molecular formula is C34H40BN4O3+2. The van der Waals surface area contributed by atoms with Crippen LogP contribution in [0, 0.1) is 0 Å². The Hall–Kier alpha value is -4.40. The van der Waals surface area contributed by atoms with Crippen molar-refractivity contribution >= 4 is 30.7 Å². The van der Waals surface area contributed by atoms with Gasteiger partial charge < -0.3 is 24.2 Å². The molecule has 2 amide bonds. The van der Waals surface area contributed by atoms with Crippen LogP contribution in [0.5, 0.6) is 11.5 Å². The molecule has 0 aliphatic carbocycles. The van der Waals surface area contributed by atoms with Crippen LogP contribution in [0.1, 0.15) is 38.8 Å². The number of hydrogen-bond donors (Lipinski definition) is 2. The molecule has 4 aromatic carbocycles. The predicted molar refractivity (Wildman–Crippen MR) is 171 cm³/mol. The zero-order chi connectivity index (χ0) is 30.3. The lowest BCUT2D eigenvalue weighted by molar-refractivity contribution is -0.888. The Morgan fingerprint density at radius 1 is 0.619 bits per heavy atom. The zero-order valence-corrected chi connectivity index (χ0v) is 25.3. The third-order valence-electron chi connectivity index (χ3n) is 6.55. The molecule has 0 fully saturated rings. The van der Waals surface area contributed by atoms with E-state index in [9.17, 15) is 9.59 Å². The summed E-state index contributed by atoms with van der Waals surface area (Å²) in [7, 11) is 13.0. The van der Waals surface area contributed by atoms with Crippen molar-refractivity contribution in [1.29, 1.82) is 0 Å². The number of carbonyl (C=O) groups excluding carboxylic acids is 2. The Morgan fingerprint density at radius 3 is 1.40 bits per heavy atom. The Kier molecular flexibility index (Phi) is 9.50. The first-order chi connectivity index (χ1) is 19.9. The minimum atomic E-state index is -0.166. The molecule has 4 aromatic rings. The second-order valence-electron chi connectivity index (χ2n) is 12.0. The van der Waals surface area contributed by atoms with Crippen LogP contribution in [-0.4, -0.2) is 63.4 Å². The monoisotopic (exact) mass is 563 g/mol. The molecule has 0 aromatic heterocycles. The van der Waals surface area contributed by atoms with Gasteiger partial charge in [-0.15, -0.1) is 0 Å². The van der Waals surface area contributed by atoms with Crippen LogP contribution in [-0.2, 0) is 13.0 Å². The van der Waals surface area contributed by atoms with E-state index in [4.69, 9.17) is 4.74 Å². The van der Waals surface area contributed by atoms with E-state index in [1.54, 1.807) is 48.5 Å². The summed E-state index contributed by atoms with van der Waals surface area (Å²) in [6.45, 7) is 2.92. The molecule has 7 nitrogen and oxygen atoms in total. The van der Waals surface area contributed by atoms with Crippen molar-refractivity contribution in [3.05, 3.63) is 119 Å². The summed E-state index contributed by atoms with van der Waals surface area (Å²) in [5, 5.41) is 5.86. The van der Waals surface area contributed by atoms with E-state index in [2.05, 4.69) is 60.3 Å². The van der Waals surface area contributed by atoms with Gasteiger partial charge in [0.05, 0.1) is 41.8 Å². The third kappa shape index (κ3) is 9.06. The Bertz CT molecular complexity index is 1490. The van der Waals surface area contributed by atoms with Crippen molar-refractivity contribution in [1.82, 2.24) is 0 Å². The van der Waals surface area contributed by atoms with Crippen molar-refractivity contribution in [2.45, 2.75) is 19.9 Å². The van der Waals surface area contributed by atoms with Gasteiger partial charge >= 0.3 is 7.55 Å². The van der Waals surface area contributed by atoms with Crippen molar-refractivity contribution in [3.8, 4) is 11.5 Å². The molecule has 0 spiro atoms. The zero-order valence-electron chi connectivity index (χ0n) is 25.3. The van der Waals surface area contributed by atoms with Gasteiger partial charge in [0.15, 0.2) is 0 Å². The third-order valence-corrected chi connectivity index (χ3v) is 6.55. The lowest BCUT2D eigenvalue weighted by Gasteiger charge is -2.32. The number of benzene rings is 4. The van der Waals surface area contributed by atoms with E-state index >= 15 is 0 Å². The summed E-state index contributed by atoms with van der Waals surface area (Å²) in [5.74, 6) is 0.952. The van der Waals surface area contributed by atoms with Crippen LogP contribution in [0.15, 0.2) is 97.1 Å². The molecule has 0 saturated carbocycles. The quantitative estimate of drug-likeness (QED) is 0.209. The summed E-state index contributed by atoms with van der Waals surface area (Å²) in [4.78, 5) is 25.3. The Morgan fingerprint density at radius 2 is 1.02 bits per heavy atom. The van der Waals surface area contributed by atoms with Crippen LogP contribution in [0.2, 0.25) is 0 Å². The maximum Gasteiger partial charge on any atom is 0.791 e. The van der Waals surface area contributed by atoms with Gasteiger partial charge in [-0.1, -0.05) is 31.2 Å². The van der Waals surface area contributed by atoms with Crippen LogP contribution in [0.4, 0.5) is 11.4 Å². The van der Waals surface area contributed by atoms with Crippen molar-refractivity contribution in [3.63, 3.8) is 0 Å². The standard InChI is InChI=1S/C34H40BN4O3/c1-7-25-8-12-27(13-9-25)33(40)36-29-16-20-31(21-17-29)42-32-22-18-30(19-23-32)37-34(41)28-14-10-26(11-15-28)24-39(5,6)35-38(2,3)4/h8-23H,7,24H2,1-6H3,(H,36,40)(H,37,41)/q+2. The number of hydrogen-bond acceptors (Lipinski definition) is 3. The highest BCUT2D eigenvalue weighted by Crippen LogP contribution is 2.25. The molecule has 0 aliphatic rings. The van der Waals surface area contributed by atoms with E-state index in [1.807, 2.05) is 48.5 Å². The number of quaternary nitrogens is 2. The van der Waals surface area contributed by atoms with Gasteiger partial charge in [0, 0.05) is 28.1 Å². The van der Waals surface area contributed by atoms with Gasteiger partial charge in [-0.05, 0) is 84.8 Å². The van der Waals surface area contributed by atoms with Crippen LogP contribution in [0.3, 0.4) is 0 Å². The van der Waals surface area contributed by atoms with Gasteiger partial charge in [-0.3, -0.25) is 9.59 Å². The maximum absolute atomic E-state index is 12.8. The van der Waals surface area contributed by atoms with E-state index in [0.29, 0.717) is 34.0 Å². The molecule has 42 heavy (non-hydrogen) atoms. The number of nitrogens with one attached hydrogen (secondary N) is 2. The van der Waals surface area contributed by atoms with Crippen LogP contribution < -0.4 is 15.4 Å². The molecule has 4 rings (SSSR count). The lowest BCUT2D eigenvalue weighted by Crippen LogP contribution is -2.56. The lowest BCUT2D eigenvalue weighted by atomic mass is 9.97. The molecule has 0 bridgehead atoms. The van der Waals surface area contributed by atoms with Crippen LogP contribution in [0.25, 0.3) is 0 Å². The second kappa shape index (κ2) is 13.1. The molecule has 0 aliphatic heterocycles. The van der Waals surface area contributed by atoms with Crippen molar-refractivity contribution < 1.29 is 23.1 Å². The average Bonchev–Trinajstić information content (AvgIpc) is 2.94. The highest BCUT2D eigenvalue weighted by Gasteiger charge is 2.36. The van der Waals surface area contributed by atoms with Crippen molar-refractivity contribution in [2.24, 2.45) is 0 Å². The molecule has 0 atom stereocenters. The SMILES string of the molecule is CCc1ccc(C(=O)Nc2ccc(Oc3ccc(NC(=O)c4ccc(C[N+](C)(C)[B][N+](C)(C)C)cc4)cc3)cc2)cc1. The second-order valence-corrected chi connectivity index (χ2v) is 12.0. The van der Waals surface area contributed by atoms with E-state index in [0.717, 1.165) is 21.8 Å². The molecule has 0 heterocycles. The van der Waals surface area contributed by atoms with E-state index in [1.165, 1.54) is 11.1 Å². The van der Waals surface area contributed by atoms with Gasteiger partial charge in [-0.2, -0.15) is 0 Å². The molecule has 1 radical (unpaired) electrons. The fraction of sp³-hybridized carbons (Fsp3) is 0.235. The number of amides is 2. The number of anilines is 2. The first-order valence-electron chi connectivity index (χ1n) is 14.1. The minimum absolute atomic E-state index is 0.155. The number of carbonyl (C=O) groups is 2. The first kappa shape index (κ1) is 30.6. The minimum Gasteiger partial charge on any atom is -0.457 e. The summed E-state index contributed by atoms with van der Waals surface area (Å²) >= 11 is 0. The molecular weight excluding hydrogens is 523 g/mol. The number of nitrogens with zero attached hydrogens (tertiary/aromatic N) is 2. The molecule has 0 saturated heterocycles. The fourth-order valence-electron chi connectivity index (χ4n) is 4.86. The number of rotatable bonds is 11. The van der Waals surface area contributed by atoms with Crippen LogP contribution >= 0.6 is 0 Å². The fourth-order valence-corrected chi connectivity index (χ4v) is 4.86. The molecule has 0 unspecified atom stereocenters. The van der Waals surface area contributed by atoms with E-state index < -0.39 is 0 Å².